The summed E-state index contributed by atoms with van der Waals surface area (Å²) in [5.41, 5.74) is 8.10. The third-order valence-electron chi connectivity index (χ3n) is 7.14. The van der Waals surface area contributed by atoms with E-state index in [0.717, 1.165) is 61.6 Å². The van der Waals surface area contributed by atoms with E-state index in [1.54, 1.807) is 7.11 Å². The zero-order chi connectivity index (χ0) is 20.6. The van der Waals surface area contributed by atoms with E-state index in [1.807, 2.05) is 6.08 Å². The number of carbonyl (C=O) groups is 1. The minimum absolute atomic E-state index is 0.0435. The molecule has 1 atom stereocenters. The van der Waals surface area contributed by atoms with Gasteiger partial charge in [-0.2, -0.15) is 0 Å². The van der Waals surface area contributed by atoms with E-state index in [0.29, 0.717) is 0 Å². The van der Waals surface area contributed by atoms with Crippen molar-refractivity contribution in [2.45, 2.75) is 56.6 Å². The molecule has 1 amide bonds. The monoisotopic (exact) mass is 399 g/mol. The molecule has 0 bridgehead atoms. The van der Waals surface area contributed by atoms with Crippen LogP contribution >= 0.6 is 0 Å². The Kier molecular flexibility index (Phi) is 5.23. The van der Waals surface area contributed by atoms with Crippen molar-refractivity contribution in [3.05, 3.63) is 47.5 Å². The van der Waals surface area contributed by atoms with Crippen molar-refractivity contribution in [2.24, 2.45) is 16.1 Å². The minimum atomic E-state index is -1.04. The van der Waals surface area contributed by atoms with E-state index < -0.39 is 12.2 Å². The maximum absolute atomic E-state index is 13.8. The smallest absolute Gasteiger partial charge is 0.262 e. The van der Waals surface area contributed by atoms with Gasteiger partial charge < -0.3 is 10.5 Å². The summed E-state index contributed by atoms with van der Waals surface area (Å²) in [5.74, 6) is -0.0200. The number of fused-ring (bicyclic) bond motifs is 3. The SMILES string of the molecule is C=CCCc1ccc2c(c1)C1(N=C(N)N(CCF)C1=O)C1(CCC(OC)CC1)C2. The number of alkyl halides is 1. The number of rotatable bonds is 6. The van der Waals surface area contributed by atoms with Crippen LogP contribution in [0.3, 0.4) is 0 Å². The predicted molar refractivity (Wildman–Crippen MR) is 111 cm³/mol. The molecule has 1 fully saturated rings. The molecule has 29 heavy (non-hydrogen) atoms. The van der Waals surface area contributed by atoms with E-state index in [9.17, 15) is 9.18 Å². The highest BCUT2D eigenvalue weighted by Crippen LogP contribution is 2.62. The molecule has 1 aromatic carbocycles. The van der Waals surface area contributed by atoms with Crippen LogP contribution in [0, 0.1) is 5.41 Å². The number of halogens is 1. The number of carbonyl (C=O) groups excluding carboxylic acids is 1. The van der Waals surface area contributed by atoms with Crippen LogP contribution in [0.4, 0.5) is 4.39 Å². The fourth-order valence-electron chi connectivity index (χ4n) is 5.64. The van der Waals surface area contributed by atoms with Gasteiger partial charge in [-0.15, -0.1) is 6.58 Å². The van der Waals surface area contributed by atoms with Crippen LogP contribution in [0.1, 0.15) is 48.8 Å². The molecule has 1 aromatic rings. The number of guanidine groups is 1. The van der Waals surface area contributed by atoms with Crippen LogP contribution < -0.4 is 5.73 Å². The van der Waals surface area contributed by atoms with Gasteiger partial charge in [0.05, 0.1) is 12.6 Å². The van der Waals surface area contributed by atoms with Gasteiger partial charge in [0.2, 0.25) is 0 Å². The Morgan fingerprint density at radius 2 is 2.17 bits per heavy atom. The third kappa shape index (κ3) is 2.91. The summed E-state index contributed by atoms with van der Waals surface area (Å²) in [5, 5.41) is 0. The lowest BCUT2D eigenvalue weighted by atomic mass is 9.61. The minimum Gasteiger partial charge on any atom is -0.381 e. The molecule has 2 N–H and O–H groups in total. The molecule has 2 spiro atoms. The maximum Gasteiger partial charge on any atom is 0.262 e. The standard InChI is InChI=1S/C23H30FN3O2/c1-3-4-5-16-6-7-17-15-22(10-8-18(29-2)9-11-22)23(19(17)14-16)20(28)27(13-12-24)21(25)26-23/h3,6-7,14,18H,1,4-5,8-13,15H2,2H3,(H2,25,26). The largest absolute Gasteiger partial charge is 0.381 e. The van der Waals surface area contributed by atoms with Gasteiger partial charge in [0.25, 0.3) is 5.91 Å². The molecular weight excluding hydrogens is 369 g/mol. The van der Waals surface area contributed by atoms with Gasteiger partial charge in [-0.25, -0.2) is 9.38 Å². The number of nitrogens with two attached hydrogens (primary N) is 1. The van der Waals surface area contributed by atoms with Crippen LogP contribution in [0.5, 0.6) is 0 Å². The number of amides is 1. The van der Waals surface area contributed by atoms with Crippen molar-refractivity contribution in [3.8, 4) is 0 Å². The fraction of sp³-hybridized carbons (Fsp3) is 0.565. The zero-order valence-corrected chi connectivity index (χ0v) is 17.1. The van der Waals surface area contributed by atoms with E-state index in [1.165, 1.54) is 4.90 Å². The average Bonchev–Trinajstić information content (AvgIpc) is 3.14. The summed E-state index contributed by atoms with van der Waals surface area (Å²) < 4.78 is 18.7. The zero-order valence-electron chi connectivity index (χ0n) is 17.1. The number of hydrogen-bond donors (Lipinski definition) is 1. The summed E-state index contributed by atoms with van der Waals surface area (Å²) >= 11 is 0. The summed E-state index contributed by atoms with van der Waals surface area (Å²) in [6.07, 6.45) is 8.12. The van der Waals surface area contributed by atoms with E-state index in [4.69, 9.17) is 15.5 Å². The van der Waals surface area contributed by atoms with Crippen LogP contribution in [0.25, 0.3) is 0 Å². The van der Waals surface area contributed by atoms with Crippen LogP contribution in [-0.4, -0.2) is 43.2 Å². The lowest BCUT2D eigenvalue weighted by Gasteiger charge is -2.45. The molecule has 1 heterocycles. The first kappa shape index (κ1) is 20.1. The molecule has 5 nitrogen and oxygen atoms in total. The Morgan fingerprint density at radius 1 is 1.41 bits per heavy atom. The summed E-state index contributed by atoms with van der Waals surface area (Å²) in [6.45, 7) is 3.13. The second-order valence-corrected chi connectivity index (χ2v) is 8.54. The van der Waals surface area contributed by atoms with E-state index in [2.05, 4.69) is 24.8 Å². The molecule has 0 aromatic heterocycles. The lowest BCUT2D eigenvalue weighted by Crippen LogP contribution is -2.52. The number of allylic oxidation sites excluding steroid dienone is 1. The molecule has 2 aliphatic carbocycles. The number of aliphatic imine (C=N–C) groups is 1. The predicted octanol–water partition coefficient (Wildman–Crippen LogP) is 3.26. The van der Waals surface area contributed by atoms with Gasteiger partial charge in [-0.3, -0.25) is 9.69 Å². The van der Waals surface area contributed by atoms with Gasteiger partial charge in [-0.05, 0) is 61.6 Å². The van der Waals surface area contributed by atoms with Crippen LogP contribution in [-0.2, 0) is 27.9 Å². The summed E-state index contributed by atoms with van der Waals surface area (Å²) in [6, 6.07) is 6.41. The van der Waals surface area contributed by atoms with Gasteiger partial charge in [0.1, 0.15) is 6.67 Å². The molecular formula is C23H30FN3O2. The quantitative estimate of drug-likeness (QED) is 0.747. The number of nitrogens with zero attached hydrogens (tertiary/aromatic N) is 2. The molecule has 1 unspecified atom stereocenters. The van der Waals surface area contributed by atoms with Crippen molar-refractivity contribution in [3.63, 3.8) is 0 Å². The first-order chi connectivity index (χ1) is 14.0. The number of methoxy groups -OCH3 is 1. The Bertz CT molecular complexity index is 845. The number of aryl methyl sites for hydroxylation is 1. The lowest BCUT2D eigenvalue weighted by molar-refractivity contribution is -0.138. The Hall–Kier alpha value is -2.21. The van der Waals surface area contributed by atoms with Crippen molar-refractivity contribution < 1.29 is 13.9 Å². The third-order valence-corrected chi connectivity index (χ3v) is 7.14. The first-order valence-electron chi connectivity index (χ1n) is 10.5. The summed E-state index contributed by atoms with van der Waals surface area (Å²) in [4.78, 5) is 19.9. The van der Waals surface area contributed by atoms with Crippen LogP contribution in [0.15, 0.2) is 35.8 Å². The Labute approximate surface area is 171 Å². The highest BCUT2D eigenvalue weighted by molar-refractivity contribution is 6.08. The molecule has 3 aliphatic rings. The average molecular weight is 400 g/mol. The summed E-state index contributed by atoms with van der Waals surface area (Å²) in [7, 11) is 1.74. The van der Waals surface area contributed by atoms with Crippen molar-refractivity contribution >= 4 is 11.9 Å². The highest BCUT2D eigenvalue weighted by atomic mass is 19.1. The number of benzene rings is 1. The Morgan fingerprint density at radius 3 is 2.83 bits per heavy atom. The van der Waals surface area contributed by atoms with Gasteiger partial charge in [0, 0.05) is 12.5 Å². The topological polar surface area (TPSA) is 67.9 Å². The molecule has 1 aliphatic heterocycles. The van der Waals surface area contributed by atoms with Crippen molar-refractivity contribution in [1.29, 1.82) is 0 Å². The van der Waals surface area contributed by atoms with Gasteiger partial charge in [-0.1, -0.05) is 24.3 Å². The van der Waals surface area contributed by atoms with Gasteiger partial charge in [0.15, 0.2) is 11.5 Å². The van der Waals surface area contributed by atoms with E-state index in [-0.39, 0.29) is 29.9 Å². The first-order valence-corrected chi connectivity index (χ1v) is 10.5. The molecule has 4 rings (SSSR count). The second kappa shape index (κ2) is 7.56. The van der Waals surface area contributed by atoms with E-state index >= 15 is 0 Å². The Balaban J connectivity index is 1.82. The van der Waals surface area contributed by atoms with Crippen LogP contribution in [0.2, 0.25) is 0 Å². The molecule has 0 saturated heterocycles. The molecule has 1 saturated carbocycles. The normalized spacial score (nSPS) is 30.8. The van der Waals surface area contributed by atoms with Crippen molar-refractivity contribution in [1.82, 2.24) is 4.90 Å². The van der Waals surface area contributed by atoms with Crippen molar-refractivity contribution in [2.75, 3.05) is 20.3 Å². The highest BCUT2D eigenvalue weighted by Gasteiger charge is 2.66. The fourth-order valence-corrected chi connectivity index (χ4v) is 5.64. The number of ether oxygens (including phenoxy) is 1. The molecule has 156 valence electrons. The molecule has 6 heteroatoms. The second-order valence-electron chi connectivity index (χ2n) is 8.54. The van der Waals surface area contributed by atoms with Gasteiger partial charge >= 0.3 is 0 Å². The maximum atomic E-state index is 13.8. The number of hydrogen-bond acceptors (Lipinski definition) is 4. The molecule has 0 radical (unpaired) electrons.